The maximum Gasteiger partial charge on any atom is 0.271 e. The molecule has 2 aliphatic rings. The Kier molecular flexibility index (Phi) is 8.30. The summed E-state index contributed by atoms with van der Waals surface area (Å²) in [5.41, 5.74) is -1.33. The zero-order valence-electron chi connectivity index (χ0n) is 23.5. The number of carbonyl (C=O) groups is 1. The Labute approximate surface area is 240 Å². The minimum atomic E-state index is -4.40. The van der Waals surface area contributed by atoms with E-state index in [-0.39, 0.29) is 40.2 Å². The summed E-state index contributed by atoms with van der Waals surface area (Å²) in [6, 6.07) is 14.9. The van der Waals surface area contributed by atoms with Crippen molar-refractivity contribution in [2.75, 3.05) is 44.1 Å². The molecule has 9 nitrogen and oxygen atoms in total. The van der Waals surface area contributed by atoms with Crippen LogP contribution in [0.4, 0.5) is 10.1 Å². The highest BCUT2D eigenvalue weighted by molar-refractivity contribution is 7.93. The number of hydrogen-bond acceptors (Lipinski definition) is 8. The van der Waals surface area contributed by atoms with E-state index in [1.807, 2.05) is 13.8 Å². The molecule has 5 rings (SSSR count). The van der Waals surface area contributed by atoms with Gasteiger partial charge in [-0.3, -0.25) is 4.79 Å². The second kappa shape index (κ2) is 11.8. The number of anilines is 1. The van der Waals surface area contributed by atoms with E-state index in [0.29, 0.717) is 18.7 Å². The molecule has 0 spiro atoms. The van der Waals surface area contributed by atoms with Crippen LogP contribution in [0.3, 0.4) is 0 Å². The van der Waals surface area contributed by atoms with Crippen LogP contribution in [0.15, 0.2) is 65.6 Å². The summed E-state index contributed by atoms with van der Waals surface area (Å²) in [7, 11) is -2.96. The van der Waals surface area contributed by atoms with Crippen molar-refractivity contribution in [1.29, 1.82) is 0 Å². The van der Waals surface area contributed by atoms with Crippen LogP contribution in [0.2, 0.25) is 0 Å². The molecule has 3 heterocycles. The highest BCUT2D eigenvalue weighted by Gasteiger charge is 2.58. The Hall–Kier alpha value is -3.54. The number of halogens is 1. The van der Waals surface area contributed by atoms with E-state index >= 15 is 4.39 Å². The van der Waals surface area contributed by atoms with Crippen molar-refractivity contribution in [1.82, 2.24) is 15.2 Å². The summed E-state index contributed by atoms with van der Waals surface area (Å²) >= 11 is 0. The van der Waals surface area contributed by atoms with Gasteiger partial charge in [0.1, 0.15) is 17.0 Å². The monoisotopic (exact) mass is 582 g/mol. The Morgan fingerprint density at radius 3 is 2.41 bits per heavy atom. The molecule has 1 unspecified atom stereocenters. The molecule has 0 aliphatic carbocycles. The summed E-state index contributed by atoms with van der Waals surface area (Å²) in [5.74, 6) is -0.657. The molecule has 11 heteroatoms. The van der Waals surface area contributed by atoms with Crippen LogP contribution in [-0.4, -0.2) is 70.1 Å². The van der Waals surface area contributed by atoms with Crippen molar-refractivity contribution in [3.63, 3.8) is 0 Å². The second-order valence-corrected chi connectivity index (χ2v) is 12.3. The van der Waals surface area contributed by atoms with Gasteiger partial charge in [0.15, 0.2) is 0 Å². The molecule has 0 radical (unpaired) electrons. The Morgan fingerprint density at radius 1 is 1.05 bits per heavy atom. The second-order valence-electron chi connectivity index (χ2n) is 10.5. The summed E-state index contributed by atoms with van der Waals surface area (Å²) < 4.78 is 55.6. The maximum atomic E-state index is 15.6. The third-order valence-corrected chi connectivity index (χ3v) is 9.24. The Morgan fingerprint density at radius 2 is 1.76 bits per heavy atom. The number of sulfonamides is 1. The standard InChI is InChI=1S/C30H35FN4O5S/c1-21(2)40-22-9-11-23(12-10-22)41(37,38)35-26-13-14-27(39-3)33-28(26)30(29(35)36,24-7-4-5-8-25(24)31)15-6-18-34-19-16-32-17-20-34/h4-5,7-14,21,32H,6,15-20H2,1-3H3. The average Bonchev–Trinajstić information content (AvgIpc) is 3.21. The molecule has 1 amide bonds. The lowest BCUT2D eigenvalue weighted by Crippen LogP contribution is -2.46. The maximum absolute atomic E-state index is 15.6. The van der Waals surface area contributed by atoms with Crippen LogP contribution in [0.5, 0.6) is 11.6 Å². The molecule has 1 aromatic heterocycles. The molecule has 0 saturated carbocycles. The van der Waals surface area contributed by atoms with Crippen molar-refractivity contribution in [3.05, 3.63) is 77.7 Å². The van der Waals surface area contributed by atoms with Gasteiger partial charge in [-0.15, -0.1) is 0 Å². The first-order valence-electron chi connectivity index (χ1n) is 13.8. The Bertz CT molecular complexity index is 1510. The number of methoxy groups -OCH3 is 1. The number of nitrogens with one attached hydrogen (secondary N) is 1. The predicted molar refractivity (Wildman–Crippen MR) is 153 cm³/mol. The van der Waals surface area contributed by atoms with E-state index < -0.39 is 27.2 Å². The van der Waals surface area contributed by atoms with Gasteiger partial charge in [-0.2, -0.15) is 4.31 Å². The van der Waals surface area contributed by atoms with Crippen molar-refractivity contribution >= 4 is 21.6 Å². The van der Waals surface area contributed by atoms with Gasteiger partial charge < -0.3 is 19.7 Å². The number of nitrogens with zero attached hydrogens (tertiary/aromatic N) is 3. The first-order chi connectivity index (χ1) is 19.7. The van der Waals surface area contributed by atoms with Gasteiger partial charge in [0.05, 0.1) is 29.5 Å². The molecule has 41 heavy (non-hydrogen) atoms. The first kappa shape index (κ1) is 29.0. The normalized spacial score (nSPS) is 19.4. The van der Waals surface area contributed by atoms with Gasteiger partial charge in [0.25, 0.3) is 15.9 Å². The SMILES string of the molecule is COc1ccc2c(n1)C(CCCN1CCNCC1)(c1ccccc1F)C(=O)N2S(=O)(=O)c1ccc(OC(C)C)cc1. The third-order valence-electron chi connectivity index (χ3n) is 7.53. The molecule has 3 aromatic rings. The number of piperazine rings is 1. The van der Waals surface area contributed by atoms with E-state index in [0.717, 1.165) is 30.5 Å². The molecule has 218 valence electrons. The smallest absolute Gasteiger partial charge is 0.271 e. The number of rotatable bonds is 10. The fourth-order valence-electron chi connectivity index (χ4n) is 5.63. The van der Waals surface area contributed by atoms with Crippen LogP contribution in [0, 0.1) is 5.82 Å². The topological polar surface area (TPSA) is 101 Å². The molecule has 0 bridgehead atoms. The molecule has 2 aromatic carbocycles. The molecule has 2 aliphatic heterocycles. The van der Waals surface area contributed by atoms with Crippen LogP contribution in [0.25, 0.3) is 0 Å². The highest BCUT2D eigenvalue weighted by atomic mass is 32.2. The Balaban J connectivity index is 1.62. The first-order valence-corrected chi connectivity index (χ1v) is 15.2. The van der Waals surface area contributed by atoms with E-state index in [1.54, 1.807) is 24.3 Å². The number of hydrogen-bond donors (Lipinski definition) is 1. The van der Waals surface area contributed by atoms with Crippen molar-refractivity contribution in [2.45, 2.75) is 43.1 Å². The average molecular weight is 583 g/mol. The molecule has 1 fully saturated rings. The van der Waals surface area contributed by atoms with Crippen molar-refractivity contribution < 1.29 is 27.1 Å². The summed E-state index contributed by atoms with van der Waals surface area (Å²) in [6.45, 7) is 7.87. The van der Waals surface area contributed by atoms with Gasteiger partial charge in [-0.25, -0.2) is 17.8 Å². The van der Waals surface area contributed by atoms with Gasteiger partial charge in [-0.1, -0.05) is 18.2 Å². The fourth-order valence-corrected chi connectivity index (χ4v) is 7.10. The van der Waals surface area contributed by atoms with E-state index in [4.69, 9.17) is 9.47 Å². The van der Waals surface area contributed by atoms with Gasteiger partial charge in [0, 0.05) is 37.8 Å². The number of fused-ring (bicyclic) bond motifs is 1. The fraction of sp³-hybridized carbons (Fsp3) is 0.400. The largest absolute Gasteiger partial charge is 0.491 e. The number of pyridine rings is 1. The zero-order chi connectivity index (χ0) is 29.2. The molecular weight excluding hydrogens is 547 g/mol. The van der Waals surface area contributed by atoms with Gasteiger partial charge in [0.2, 0.25) is 5.88 Å². The minimum Gasteiger partial charge on any atom is -0.491 e. The number of carbonyl (C=O) groups excluding carboxylic acids is 1. The third kappa shape index (κ3) is 5.41. The minimum absolute atomic E-state index is 0.0868. The number of ether oxygens (including phenoxy) is 2. The number of benzene rings is 2. The van der Waals surface area contributed by atoms with Crippen LogP contribution < -0.4 is 19.1 Å². The van der Waals surface area contributed by atoms with Gasteiger partial charge >= 0.3 is 0 Å². The van der Waals surface area contributed by atoms with Crippen molar-refractivity contribution in [2.24, 2.45) is 0 Å². The van der Waals surface area contributed by atoms with Crippen LogP contribution >= 0.6 is 0 Å². The number of amides is 1. The molecule has 1 saturated heterocycles. The highest BCUT2D eigenvalue weighted by Crippen LogP contribution is 2.51. The summed E-state index contributed by atoms with van der Waals surface area (Å²) in [6.07, 6.45) is 0.595. The molecule has 1 atom stereocenters. The summed E-state index contributed by atoms with van der Waals surface area (Å²) in [5, 5.41) is 3.32. The van der Waals surface area contributed by atoms with E-state index in [9.17, 15) is 13.2 Å². The summed E-state index contributed by atoms with van der Waals surface area (Å²) in [4.78, 5) is 21.4. The number of aromatic nitrogens is 1. The van der Waals surface area contributed by atoms with Crippen LogP contribution in [0.1, 0.15) is 37.9 Å². The lowest BCUT2D eigenvalue weighted by Gasteiger charge is -2.31. The quantitative estimate of drug-likeness (QED) is 0.386. The van der Waals surface area contributed by atoms with Crippen molar-refractivity contribution in [3.8, 4) is 11.6 Å². The van der Waals surface area contributed by atoms with Crippen LogP contribution in [-0.2, 0) is 20.2 Å². The van der Waals surface area contributed by atoms with E-state index in [2.05, 4.69) is 15.2 Å². The van der Waals surface area contributed by atoms with Gasteiger partial charge in [-0.05, 0) is 69.6 Å². The lowest BCUT2D eigenvalue weighted by atomic mass is 9.74. The predicted octanol–water partition coefficient (Wildman–Crippen LogP) is 3.72. The lowest BCUT2D eigenvalue weighted by molar-refractivity contribution is -0.121. The zero-order valence-corrected chi connectivity index (χ0v) is 24.3. The van der Waals surface area contributed by atoms with E-state index in [1.165, 1.54) is 43.5 Å². The molecular formula is C30H35FN4O5S. The molecule has 1 N–H and O–H groups in total.